The fourth-order valence-corrected chi connectivity index (χ4v) is 6.45. The summed E-state index contributed by atoms with van der Waals surface area (Å²) >= 11 is 0. The number of hydrogen-bond donors (Lipinski definition) is 0. The zero-order valence-corrected chi connectivity index (χ0v) is 30.9. The van der Waals surface area contributed by atoms with Crippen molar-refractivity contribution in [3.8, 4) is 45.6 Å². The number of aryl methyl sites for hydroxylation is 2. The molecule has 6 aromatic rings. The van der Waals surface area contributed by atoms with Gasteiger partial charge in [-0.15, -0.1) is 0 Å². The quantitative estimate of drug-likeness (QED) is 0.135. The first-order valence-electron chi connectivity index (χ1n) is 17.4. The van der Waals surface area contributed by atoms with Crippen LogP contribution in [0.1, 0.15) is 27.8 Å². The third kappa shape index (κ3) is 7.45. The lowest BCUT2D eigenvalue weighted by Gasteiger charge is -2.22. The molecule has 1 aromatic heterocycles. The SMILES string of the molecule is COc1cc(OC)cc(C2=CC(C=c3c(=O)c(=Cc4cc(-c5cccc(C)c5)[o+]c(-c5cc(OC)cc(OC)c5)c4)c3=O)C=C(c3cccc(C)c3)O2)c1. The van der Waals surface area contributed by atoms with Gasteiger partial charge in [-0.05, 0) is 80.1 Å². The maximum atomic E-state index is 13.8. The van der Waals surface area contributed by atoms with Crippen molar-refractivity contribution in [1.82, 2.24) is 0 Å². The Labute approximate surface area is 312 Å². The Balaban J connectivity index is 1.34. The Morgan fingerprint density at radius 2 is 1.04 bits per heavy atom. The predicted octanol–water partition coefficient (Wildman–Crippen LogP) is 7.48. The van der Waals surface area contributed by atoms with Crippen LogP contribution in [0.4, 0.5) is 0 Å². The zero-order valence-electron chi connectivity index (χ0n) is 30.9. The van der Waals surface area contributed by atoms with Crippen LogP contribution in [0.2, 0.25) is 0 Å². The molecule has 7 rings (SSSR count). The van der Waals surface area contributed by atoms with Crippen LogP contribution in [0.15, 0.2) is 123 Å². The molecule has 1 unspecified atom stereocenters. The molecule has 0 bridgehead atoms. The van der Waals surface area contributed by atoms with Crippen LogP contribution in [0.5, 0.6) is 23.0 Å². The van der Waals surface area contributed by atoms with Crippen molar-refractivity contribution in [2.45, 2.75) is 13.8 Å². The van der Waals surface area contributed by atoms with Gasteiger partial charge in [0.15, 0.2) is 0 Å². The molecule has 270 valence electrons. The molecule has 1 atom stereocenters. The normalized spacial score (nSPS) is 13.7. The van der Waals surface area contributed by atoms with E-state index in [0.29, 0.717) is 57.2 Å². The molecule has 1 aliphatic heterocycles. The Kier molecular flexibility index (Phi) is 10.0. The predicted molar refractivity (Wildman–Crippen MR) is 212 cm³/mol. The van der Waals surface area contributed by atoms with Crippen LogP contribution in [-0.2, 0) is 4.74 Å². The van der Waals surface area contributed by atoms with Crippen LogP contribution in [0, 0.1) is 19.8 Å². The first-order valence-corrected chi connectivity index (χ1v) is 17.4. The summed E-state index contributed by atoms with van der Waals surface area (Å²) in [5, 5.41) is 0.206. The highest BCUT2D eigenvalue weighted by molar-refractivity contribution is 5.76. The van der Waals surface area contributed by atoms with Gasteiger partial charge < -0.3 is 23.7 Å². The van der Waals surface area contributed by atoms with E-state index in [9.17, 15) is 9.59 Å². The maximum absolute atomic E-state index is 13.8. The number of benzene rings is 4. The maximum Gasteiger partial charge on any atom is 0.361 e. The second kappa shape index (κ2) is 15.1. The van der Waals surface area contributed by atoms with Gasteiger partial charge in [-0.2, -0.15) is 0 Å². The molecule has 0 amide bonds. The van der Waals surface area contributed by atoms with Gasteiger partial charge in [0.2, 0.25) is 10.9 Å². The van der Waals surface area contributed by atoms with Gasteiger partial charge in [-0.25, -0.2) is 4.42 Å². The van der Waals surface area contributed by atoms with Crippen LogP contribution < -0.4 is 40.2 Å². The number of allylic oxidation sites excluding steroid dienone is 2. The van der Waals surface area contributed by atoms with Crippen LogP contribution in [-0.4, -0.2) is 28.4 Å². The lowest BCUT2D eigenvalue weighted by Crippen LogP contribution is -2.64. The van der Waals surface area contributed by atoms with Crippen molar-refractivity contribution in [2.75, 3.05) is 28.4 Å². The summed E-state index contributed by atoms with van der Waals surface area (Å²) in [6, 6.07) is 30.5. The minimum absolute atomic E-state index is 0.0912. The average molecular weight is 720 g/mol. The summed E-state index contributed by atoms with van der Waals surface area (Å²) in [5.74, 6) is 4.19. The number of ether oxygens (including phenoxy) is 5. The van der Waals surface area contributed by atoms with Gasteiger partial charge in [0, 0.05) is 29.2 Å². The molecule has 1 aliphatic rings. The van der Waals surface area contributed by atoms with E-state index in [1.165, 1.54) is 0 Å². The standard InChI is InChI=1S/C46H39O8/c1-27-9-7-11-31(13-27)41-17-29(19-43(53-41)33-21-35(49-3)25-36(22-33)50-4)15-39-45(47)40(46(39)48)16-30-18-42(32-12-8-10-28(2)14-32)54-44(20-30)34-23-37(51-5)26-38(24-34)52-6/h7-26,29H,1-6H3/q+1. The van der Waals surface area contributed by atoms with Gasteiger partial charge in [-0.3, -0.25) is 9.59 Å². The van der Waals surface area contributed by atoms with Crippen LogP contribution in [0.25, 0.3) is 46.3 Å². The molecule has 2 heterocycles. The van der Waals surface area contributed by atoms with Gasteiger partial charge in [0.05, 0.1) is 62.1 Å². The lowest BCUT2D eigenvalue weighted by molar-refractivity contribution is 0.392. The fourth-order valence-electron chi connectivity index (χ4n) is 6.45. The smallest absolute Gasteiger partial charge is 0.361 e. The topological polar surface area (TPSA) is 91.6 Å². The molecule has 0 saturated heterocycles. The van der Waals surface area contributed by atoms with E-state index in [0.717, 1.165) is 27.8 Å². The third-order valence-electron chi connectivity index (χ3n) is 9.25. The van der Waals surface area contributed by atoms with Gasteiger partial charge in [0.25, 0.3) is 0 Å². The van der Waals surface area contributed by atoms with Crippen molar-refractivity contribution in [1.29, 1.82) is 0 Å². The lowest BCUT2D eigenvalue weighted by atomic mass is 9.96. The third-order valence-corrected chi connectivity index (χ3v) is 9.25. The molecule has 8 nitrogen and oxygen atoms in total. The van der Waals surface area contributed by atoms with Crippen molar-refractivity contribution < 1.29 is 28.1 Å². The van der Waals surface area contributed by atoms with E-state index >= 15 is 0 Å². The molecule has 0 radical (unpaired) electrons. The molecule has 0 fully saturated rings. The fraction of sp³-hybridized carbons (Fsp3) is 0.152. The average Bonchev–Trinajstić information content (AvgIpc) is 3.21. The van der Waals surface area contributed by atoms with E-state index in [2.05, 4.69) is 0 Å². The Hall–Kier alpha value is -6.67. The summed E-state index contributed by atoms with van der Waals surface area (Å²) in [6.07, 6.45) is 7.11. The molecule has 54 heavy (non-hydrogen) atoms. The molecule has 0 spiro atoms. The minimum atomic E-state index is -0.427. The minimum Gasteiger partial charge on any atom is -0.497 e. The molecular formula is C46H39O8+. The van der Waals surface area contributed by atoms with Crippen molar-refractivity contribution >= 4 is 23.7 Å². The monoisotopic (exact) mass is 719 g/mol. The van der Waals surface area contributed by atoms with Crippen molar-refractivity contribution in [3.63, 3.8) is 0 Å². The van der Waals surface area contributed by atoms with E-state index < -0.39 is 5.92 Å². The van der Waals surface area contributed by atoms with E-state index in [4.69, 9.17) is 28.1 Å². The Bertz CT molecular complexity index is 2580. The Morgan fingerprint density at radius 3 is 1.57 bits per heavy atom. The highest BCUT2D eigenvalue weighted by Gasteiger charge is 2.23. The first-order chi connectivity index (χ1) is 26.1. The summed E-state index contributed by atoms with van der Waals surface area (Å²) in [6.45, 7) is 4.02. The summed E-state index contributed by atoms with van der Waals surface area (Å²) in [7, 11) is 6.34. The van der Waals surface area contributed by atoms with Crippen LogP contribution in [0.3, 0.4) is 0 Å². The van der Waals surface area contributed by atoms with Crippen molar-refractivity contribution in [3.05, 3.63) is 168 Å². The molecule has 0 N–H and O–H groups in total. The second-order valence-corrected chi connectivity index (χ2v) is 13.1. The van der Waals surface area contributed by atoms with E-state index in [1.807, 2.05) is 105 Å². The summed E-state index contributed by atoms with van der Waals surface area (Å²) < 4.78 is 34.9. The van der Waals surface area contributed by atoms with E-state index in [-0.39, 0.29) is 21.3 Å². The van der Waals surface area contributed by atoms with Crippen molar-refractivity contribution in [2.24, 2.45) is 5.92 Å². The molecule has 8 heteroatoms. The number of methoxy groups -OCH3 is 4. The number of rotatable bonds is 10. The van der Waals surface area contributed by atoms with Gasteiger partial charge in [0.1, 0.15) is 34.5 Å². The largest absolute Gasteiger partial charge is 0.497 e. The number of hydrogen-bond acceptors (Lipinski definition) is 7. The molecule has 0 saturated carbocycles. The highest BCUT2D eigenvalue weighted by Crippen LogP contribution is 2.37. The molecule has 0 aliphatic carbocycles. The molecular weight excluding hydrogens is 680 g/mol. The summed E-state index contributed by atoms with van der Waals surface area (Å²) in [4.78, 5) is 27.5. The first kappa shape index (κ1) is 35.7. The molecule has 5 aromatic carbocycles. The van der Waals surface area contributed by atoms with Crippen LogP contribution >= 0.6 is 0 Å². The Morgan fingerprint density at radius 1 is 0.556 bits per heavy atom. The summed E-state index contributed by atoms with van der Waals surface area (Å²) in [5.41, 5.74) is 5.24. The van der Waals surface area contributed by atoms with E-state index in [1.54, 1.807) is 58.8 Å². The van der Waals surface area contributed by atoms with Gasteiger partial charge >= 0.3 is 11.5 Å². The zero-order chi connectivity index (χ0) is 37.9. The highest BCUT2D eigenvalue weighted by atomic mass is 16.5. The second-order valence-electron chi connectivity index (χ2n) is 13.1. The van der Waals surface area contributed by atoms with Gasteiger partial charge in [-0.1, -0.05) is 47.5 Å².